The van der Waals surface area contributed by atoms with Gasteiger partial charge in [-0.15, -0.1) is 5.10 Å². The molecule has 2 aromatic carbocycles. The molecule has 0 saturated carbocycles. The van der Waals surface area contributed by atoms with Crippen LogP contribution in [-0.4, -0.2) is 151 Å². The lowest BCUT2D eigenvalue weighted by atomic mass is 10.0. The zero-order valence-electron chi connectivity index (χ0n) is 49.5. The smallest absolute Gasteiger partial charge is 0.326 e. The van der Waals surface area contributed by atoms with Crippen LogP contribution in [-0.2, 0) is 57.9 Å². The number of carbonyl (C=O) groups is 10. The summed E-state index contributed by atoms with van der Waals surface area (Å²) in [7, 11) is 3.27. The molecule has 0 spiro atoms. The fraction of sp³-hybridized carbons (Fsp3) is 0.533. The molecule has 0 bridgehead atoms. The van der Waals surface area contributed by atoms with Crippen LogP contribution in [0.3, 0.4) is 0 Å². The SMILES string of the molecule is CC(C)[C@H]1/C=C/C(=O)NCC/C=C/[C@H](NC(=O)[C@H](Cc2ccccc2)NC(=O)CCCCCCCCCCNC(=O)CCSSCCn2cc(COc3ccc(C(=O)NCCCC[C@H](NC(=O)N[C@@H](CCC(=O)O)C(=O)O)C(=O)O)cc3)nn2)C(=O)N1. The van der Waals surface area contributed by atoms with Gasteiger partial charge in [-0.25, -0.2) is 14.4 Å². The molecule has 87 heavy (non-hydrogen) atoms. The maximum absolute atomic E-state index is 13.8. The number of hydrogen-bond acceptors (Lipinski definition) is 15. The number of hydrogen-bond donors (Lipinski definition) is 11. The molecule has 4 rings (SSSR count). The minimum atomic E-state index is -1.51. The van der Waals surface area contributed by atoms with E-state index in [0.717, 1.165) is 56.3 Å². The topological polar surface area (TPSA) is 368 Å². The van der Waals surface area contributed by atoms with Crippen LogP contribution in [0.5, 0.6) is 5.75 Å². The fourth-order valence-electron chi connectivity index (χ4n) is 8.69. The molecule has 0 radical (unpaired) electrons. The number of unbranched alkanes of at least 4 members (excludes halogenated alkanes) is 8. The van der Waals surface area contributed by atoms with Crippen LogP contribution in [0.25, 0.3) is 0 Å². The van der Waals surface area contributed by atoms with Gasteiger partial charge in [0.2, 0.25) is 29.5 Å². The number of ether oxygens (including phenoxy) is 1. The van der Waals surface area contributed by atoms with Crippen molar-refractivity contribution in [1.29, 1.82) is 0 Å². The molecule has 3 aromatic rings. The summed E-state index contributed by atoms with van der Waals surface area (Å²) in [5.74, 6) is -3.79. The standard InChI is InChI=1S/C60H85N11O14S2/c1-41(2)46-27-29-51(72)61-33-16-13-20-47(56(78)65-46)66-57(79)50(38-42-18-10-9-11-19-42)64-53(74)22-12-7-5-3-4-6-8-15-32-62-52(73)31-36-86-87-37-35-71-39-44(69-70-71)40-85-45-25-23-43(24-26-45)55(77)63-34-17-14-21-48(58(80)81)67-60(84)68-49(59(82)83)28-30-54(75)76/h9-11,13,18-20,23-27,29,39,41,46-50H,3-8,12,14-17,21-22,28,30-38,40H2,1-2H3,(H,61,72)(H,62,73)(H,63,77)(H,64,74)(H,65,78)(H,66,79)(H,75,76)(H,80,81)(H,82,83)(H2,67,68,84)/b20-13+,29-27+/t46-,47+,48+,49+,50+/m1/s1. The minimum Gasteiger partial charge on any atom is -0.487 e. The lowest BCUT2D eigenvalue weighted by Crippen LogP contribution is -2.55. The maximum Gasteiger partial charge on any atom is 0.326 e. The number of amides is 8. The molecule has 11 N–H and O–H groups in total. The molecule has 1 aliphatic rings. The van der Waals surface area contributed by atoms with Crippen LogP contribution < -0.4 is 47.3 Å². The van der Waals surface area contributed by atoms with Crippen molar-refractivity contribution in [2.45, 2.75) is 166 Å². The van der Waals surface area contributed by atoms with Gasteiger partial charge in [0.25, 0.3) is 5.91 Å². The molecule has 1 aliphatic heterocycles. The third-order valence-electron chi connectivity index (χ3n) is 13.6. The number of urea groups is 1. The Morgan fingerprint density at radius 3 is 2.06 bits per heavy atom. The second-order valence-corrected chi connectivity index (χ2v) is 23.8. The van der Waals surface area contributed by atoms with Crippen molar-refractivity contribution in [3.8, 4) is 5.75 Å². The number of carboxylic acids is 3. The fourth-order valence-corrected chi connectivity index (χ4v) is 10.6. The Balaban J connectivity index is 0.993. The number of nitrogens with one attached hydrogen (secondary N) is 8. The third-order valence-corrected chi connectivity index (χ3v) is 16.0. The lowest BCUT2D eigenvalue weighted by Gasteiger charge is -2.25. The number of aromatic nitrogens is 3. The van der Waals surface area contributed by atoms with Crippen molar-refractivity contribution in [3.05, 3.63) is 102 Å². The molecule has 0 aliphatic carbocycles. The largest absolute Gasteiger partial charge is 0.487 e. The first-order chi connectivity index (χ1) is 41.9. The highest BCUT2D eigenvalue weighted by Gasteiger charge is 2.28. The molecule has 476 valence electrons. The first-order valence-corrected chi connectivity index (χ1v) is 32.1. The Kier molecular flexibility index (Phi) is 33.9. The van der Waals surface area contributed by atoms with Gasteiger partial charge in [0.15, 0.2) is 0 Å². The molecule has 25 nitrogen and oxygen atoms in total. The highest BCUT2D eigenvalue weighted by molar-refractivity contribution is 8.76. The Morgan fingerprint density at radius 2 is 1.37 bits per heavy atom. The van der Waals surface area contributed by atoms with E-state index in [1.807, 2.05) is 44.2 Å². The van der Waals surface area contributed by atoms with Crippen LogP contribution in [0.4, 0.5) is 4.79 Å². The number of aliphatic carboxylic acids is 3. The van der Waals surface area contributed by atoms with E-state index in [-0.39, 0.29) is 68.4 Å². The quantitative estimate of drug-likeness (QED) is 0.0198. The van der Waals surface area contributed by atoms with Crippen molar-refractivity contribution in [3.63, 3.8) is 0 Å². The van der Waals surface area contributed by atoms with E-state index in [9.17, 15) is 58.2 Å². The lowest BCUT2D eigenvalue weighted by molar-refractivity contribution is -0.141. The van der Waals surface area contributed by atoms with Crippen molar-refractivity contribution in [2.75, 3.05) is 31.1 Å². The van der Waals surface area contributed by atoms with Gasteiger partial charge in [-0.2, -0.15) is 0 Å². The second kappa shape index (κ2) is 41.2. The summed E-state index contributed by atoms with van der Waals surface area (Å²) in [5, 5.41) is 57.4. The van der Waals surface area contributed by atoms with Gasteiger partial charge in [-0.05, 0) is 80.7 Å². The molecule has 0 fully saturated rings. The van der Waals surface area contributed by atoms with Gasteiger partial charge in [0.05, 0.1) is 12.7 Å². The summed E-state index contributed by atoms with van der Waals surface area (Å²) in [6.07, 6.45) is 17.1. The summed E-state index contributed by atoms with van der Waals surface area (Å²) in [5.41, 5.74) is 1.86. The number of benzene rings is 2. The van der Waals surface area contributed by atoms with Crippen LogP contribution in [0.15, 0.2) is 85.1 Å². The van der Waals surface area contributed by atoms with E-state index in [1.165, 1.54) is 6.08 Å². The van der Waals surface area contributed by atoms with Gasteiger partial charge < -0.3 is 62.6 Å². The van der Waals surface area contributed by atoms with Crippen molar-refractivity contribution < 1.29 is 68.0 Å². The molecular formula is C60H85N11O14S2. The van der Waals surface area contributed by atoms with E-state index in [2.05, 4.69) is 52.8 Å². The Hall–Kier alpha value is -7.94. The number of aryl methyl sites for hydroxylation is 1. The minimum absolute atomic E-state index is 0.00173. The Labute approximate surface area is 515 Å². The van der Waals surface area contributed by atoms with E-state index in [1.54, 1.807) is 75.0 Å². The third kappa shape index (κ3) is 30.8. The molecule has 0 unspecified atom stereocenters. The molecule has 2 heterocycles. The highest BCUT2D eigenvalue weighted by Crippen LogP contribution is 2.22. The van der Waals surface area contributed by atoms with Crippen LogP contribution in [0.2, 0.25) is 0 Å². The summed E-state index contributed by atoms with van der Waals surface area (Å²) in [4.78, 5) is 124. The summed E-state index contributed by atoms with van der Waals surface area (Å²) in [6, 6.07) is 9.67. The first kappa shape index (κ1) is 71.5. The molecule has 27 heteroatoms. The summed E-state index contributed by atoms with van der Waals surface area (Å²) in [6.45, 7) is 5.85. The average Bonchev–Trinajstić information content (AvgIpc) is 4.13. The molecule has 0 saturated heterocycles. The predicted octanol–water partition coefficient (Wildman–Crippen LogP) is 5.21. The van der Waals surface area contributed by atoms with E-state index in [4.69, 9.17) is 9.84 Å². The van der Waals surface area contributed by atoms with Crippen LogP contribution in [0, 0.1) is 5.92 Å². The molecule has 1 aromatic heterocycles. The molecule has 8 amide bonds. The maximum atomic E-state index is 13.8. The number of carboxylic acid groups (broad SMARTS) is 3. The van der Waals surface area contributed by atoms with E-state index in [0.29, 0.717) is 74.5 Å². The Morgan fingerprint density at radius 1 is 0.713 bits per heavy atom. The predicted molar refractivity (Wildman–Crippen MR) is 329 cm³/mol. The second-order valence-electron chi connectivity index (χ2n) is 21.1. The van der Waals surface area contributed by atoms with Crippen molar-refractivity contribution >= 4 is 81.0 Å². The molecular weight excluding hydrogens is 1160 g/mol. The van der Waals surface area contributed by atoms with Gasteiger partial charge in [-0.3, -0.25) is 38.2 Å². The molecule has 5 atom stereocenters. The van der Waals surface area contributed by atoms with Crippen LogP contribution >= 0.6 is 21.6 Å². The average molecular weight is 1250 g/mol. The van der Waals surface area contributed by atoms with Gasteiger partial charge in [-0.1, -0.05) is 128 Å². The first-order valence-electron chi connectivity index (χ1n) is 29.6. The van der Waals surface area contributed by atoms with Gasteiger partial charge in [0, 0.05) is 74.5 Å². The van der Waals surface area contributed by atoms with Gasteiger partial charge >= 0.3 is 23.9 Å². The van der Waals surface area contributed by atoms with Gasteiger partial charge in [0.1, 0.15) is 42.2 Å². The normalized spacial score (nSPS) is 16.0. The summed E-state index contributed by atoms with van der Waals surface area (Å²) >= 11 is 0. The zero-order chi connectivity index (χ0) is 63.2. The number of carbonyl (C=O) groups excluding carboxylic acids is 7. The number of nitrogens with zero attached hydrogens (tertiary/aromatic N) is 3. The van der Waals surface area contributed by atoms with Crippen molar-refractivity contribution in [1.82, 2.24) is 57.5 Å². The van der Waals surface area contributed by atoms with E-state index >= 15 is 0 Å². The highest BCUT2D eigenvalue weighted by atomic mass is 33.1. The Bertz CT molecular complexity index is 2730. The van der Waals surface area contributed by atoms with Crippen molar-refractivity contribution in [2.24, 2.45) is 5.92 Å². The van der Waals surface area contributed by atoms with E-state index < -0.39 is 72.4 Å². The monoisotopic (exact) mass is 1250 g/mol. The number of rotatable bonds is 40. The zero-order valence-corrected chi connectivity index (χ0v) is 51.1. The summed E-state index contributed by atoms with van der Waals surface area (Å²) < 4.78 is 7.55. The van der Waals surface area contributed by atoms with Crippen LogP contribution in [0.1, 0.15) is 138 Å².